The summed E-state index contributed by atoms with van der Waals surface area (Å²) in [6.45, 7) is 10.5. The van der Waals surface area contributed by atoms with Crippen molar-refractivity contribution >= 4 is 22.4 Å². The summed E-state index contributed by atoms with van der Waals surface area (Å²) >= 11 is 1.69. The van der Waals surface area contributed by atoms with Gasteiger partial charge >= 0.3 is 0 Å². The number of piperazine rings is 1. The fourth-order valence-corrected chi connectivity index (χ4v) is 4.01. The molecule has 1 amide bonds. The van der Waals surface area contributed by atoms with Crippen LogP contribution >= 0.6 is 11.3 Å². The van der Waals surface area contributed by atoms with Gasteiger partial charge in [-0.15, -0.1) is 11.3 Å². The topological polar surface area (TPSA) is 57.7 Å². The van der Waals surface area contributed by atoms with Crippen LogP contribution in [-0.4, -0.2) is 61.2 Å². The van der Waals surface area contributed by atoms with E-state index in [2.05, 4.69) is 25.5 Å². The molecule has 1 aromatic heterocycles. The van der Waals surface area contributed by atoms with E-state index in [0.717, 1.165) is 48.3 Å². The standard InChI is InChI=1S/C20H28N4O2S/c1-15-5-4-6-18(13-15)26-12-7-21-19(25)17(3)23-8-10-24(11-9-23)20-22-16(2)14-27-20/h4-6,13-14,17H,7-12H2,1-3H3,(H,21,25). The van der Waals surface area contributed by atoms with Crippen LogP contribution in [0.2, 0.25) is 0 Å². The van der Waals surface area contributed by atoms with Crippen molar-refractivity contribution in [1.82, 2.24) is 15.2 Å². The van der Waals surface area contributed by atoms with Gasteiger partial charge in [0.25, 0.3) is 0 Å². The van der Waals surface area contributed by atoms with Crippen molar-refractivity contribution in [2.45, 2.75) is 26.8 Å². The second-order valence-electron chi connectivity index (χ2n) is 6.93. The first-order valence-corrected chi connectivity index (χ1v) is 10.3. The summed E-state index contributed by atoms with van der Waals surface area (Å²) in [5.41, 5.74) is 2.23. The summed E-state index contributed by atoms with van der Waals surface area (Å²) in [6.07, 6.45) is 0. The van der Waals surface area contributed by atoms with Crippen LogP contribution in [-0.2, 0) is 4.79 Å². The van der Waals surface area contributed by atoms with Crippen molar-refractivity contribution < 1.29 is 9.53 Å². The zero-order valence-electron chi connectivity index (χ0n) is 16.3. The quantitative estimate of drug-likeness (QED) is 0.739. The number of hydrogen-bond donors (Lipinski definition) is 1. The number of ether oxygens (including phenoxy) is 1. The van der Waals surface area contributed by atoms with Crippen LogP contribution in [0.15, 0.2) is 29.6 Å². The van der Waals surface area contributed by atoms with E-state index in [1.54, 1.807) is 11.3 Å². The molecular formula is C20H28N4O2S. The molecule has 27 heavy (non-hydrogen) atoms. The van der Waals surface area contributed by atoms with Gasteiger partial charge in [-0.3, -0.25) is 9.69 Å². The Labute approximate surface area is 165 Å². The monoisotopic (exact) mass is 388 g/mol. The third-order valence-corrected chi connectivity index (χ3v) is 5.80. The van der Waals surface area contributed by atoms with E-state index in [1.807, 2.05) is 45.0 Å². The van der Waals surface area contributed by atoms with Crippen LogP contribution in [0.5, 0.6) is 5.75 Å². The third kappa shape index (κ3) is 5.43. The lowest BCUT2D eigenvalue weighted by molar-refractivity contribution is -0.126. The van der Waals surface area contributed by atoms with Crippen LogP contribution in [0, 0.1) is 13.8 Å². The van der Waals surface area contributed by atoms with Gasteiger partial charge in [0.15, 0.2) is 5.13 Å². The number of carbonyl (C=O) groups excluding carboxylic acids is 1. The van der Waals surface area contributed by atoms with Crippen LogP contribution in [0.25, 0.3) is 0 Å². The molecule has 1 fully saturated rings. The van der Waals surface area contributed by atoms with E-state index in [1.165, 1.54) is 0 Å². The number of nitrogens with zero attached hydrogens (tertiary/aromatic N) is 3. The summed E-state index contributed by atoms with van der Waals surface area (Å²) in [4.78, 5) is 21.5. The molecule has 1 aromatic carbocycles. The number of hydrogen-bond acceptors (Lipinski definition) is 6. The second-order valence-corrected chi connectivity index (χ2v) is 7.76. The number of anilines is 1. The second kappa shape index (κ2) is 9.19. The van der Waals surface area contributed by atoms with Crippen molar-refractivity contribution in [3.63, 3.8) is 0 Å². The number of benzene rings is 1. The predicted molar refractivity (Wildman–Crippen MR) is 110 cm³/mol. The highest BCUT2D eigenvalue weighted by atomic mass is 32.1. The van der Waals surface area contributed by atoms with Gasteiger partial charge in [0.2, 0.25) is 5.91 Å². The molecular weight excluding hydrogens is 360 g/mol. The lowest BCUT2D eigenvalue weighted by Crippen LogP contribution is -2.54. The zero-order chi connectivity index (χ0) is 19.2. The fraction of sp³-hybridized carbons (Fsp3) is 0.500. The number of aryl methyl sites for hydroxylation is 2. The van der Waals surface area contributed by atoms with Gasteiger partial charge in [0.05, 0.1) is 18.3 Å². The molecule has 2 aromatic rings. The molecule has 1 saturated heterocycles. The van der Waals surface area contributed by atoms with E-state index in [0.29, 0.717) is 13.2 Å². The average molecular weight is 389 g/mol. The molecule has 3 rings (SSSR count). The lowest BCUT2D eigenvalue weighted by atomic mass is 10.2. The number of rotatable bonds is 7. The van der Waals surface area contributed by atoms with Crippen LogP contribution in [0.1, 0.15) is 18.2 Å². The van der Waals surface area contributed by atoms with Crippen molar-refractivity contribution in [1.29, 1.82) is 0 Å². The Hall–Kier alpha value is -2.12. The van der Waals surface area contributed by atoms with Gasteiger partial charge in [-0.05, 0) is 38.5 Å². The molecule has 1 unspecified atom stereocenters. The number of aromatic nitrogens is 1. The largest absolute Gasteiger partial charge is 0.492 e. The minimum absolute atomic E-state index is 0.0568. The highest BCUT2D eigenvalue weighted by Gasteiger charge is 2.26. The van der Waals surface area contributed by atoms with Gasteiger partial charge in [-0.1, -0.05) is 12.1 Å². The van der Waals surface area contributed by atoms with Crippen LogP contribution < -0.4 is 15.0 Å². The predicted octanol–water partition coefficient (Wildman–Crippen LogP) is 2.47. The molecule has 0 aliphatic carbocycles. The average Bonchev–Trinajstić information content (AvgIpc) is 3.11. The Morgan fingerprint density at radius 3 is 2.74 bits per heavy atom. The van der Waals surface area contributed by atoms with Crippen LogP contribution in [0.3, 0.4) is 0 Å². The Balaban J connectivity index is 1.37. The minimum Gasteiger partial charge on any atom is -0.492 e. The molecule has 1 aliphatic heterocycles. The number of amides is 1. The molecule has 0 spiro atoms. The fourth-order valence-electron chi connectivity index (χ4n) is 3.15. The molecule has 7 heteroatoms. The molecule has 6 nitrogen and oxygen atoms in total. The first-order chi connectivity index (χ1) is 13.0. The lowest BCUT2D eigenvalue weighted by Gasteiger charge is -2.37. The van der Waals surface area contributed by atoms with Crippen molar-refractivity contribution in [2.24, 2.45) is 0 Å². The normalized spacial score (nSPS) is 16.2. The summed E-state index contributed by atoms with van der Waals surface area (Å²) in [6, 6.07) is 7.79. The minimum atomic E-state index is -0.135. The van der Waals surface area contributed by atoms with Crippen molar-refractivity contribution in [2.75, 3.05) is 44.2 Å². The Bertz CT molecular complexity index is 756. The van der Waals surface area contributed by atoms with Gasteiger partial charge in [-0.25, -0.2) is 4.98 Å². The van der Waals surface area contributed by atoms with E-state index >= 15 is 0 Å². The number of thiazole rings is 1. The van der Waals surface area contributed by atoms with E-state index < -0.39 is 0 Å². The van der Waals surface area contributed by atoms with E-state index in [-0.39, 0.29) is 11.9 Å². The third-order valence-electron chi connectivity index (χ3n) is 4.78. The molecule has 146 valence electrons. The maximum absolute atomic E-state index is 12.4. The van der Waals surface area contributed by atoms with Crippen LogP contribution in [0.4, 0.5) is 5.13 Å². The van der Waals surface area contributed by atoms with Gasteiger partial charge in [0.1, 0.15) is 12.4 Å². The summed E-state index contributed by atoms with van der Waals surface area (Å²) in [7, 11) is 0. The molecule has 2 heterocycles. The van der Waals surface area contributed by atoms with E-state index in [9.17, 15) is 4.79 Å². The maximum Gasteiger partial charge on any atom is 0.237 e. The molecule has 1 atom stereocenters. The summed E-state index contributed by atoms with van der Waals surface area (Å²) in [5.74, 6) is 0.896. The first kappa shape index (κ1) is 19.6. The zero-order valence-corrected chi connectivity index (χ0v) is 17.1. The molecule has 0 saturated carbocycles. The van der Waals surface area contributed by atoms with Gasteiger partial charge in [0, 0.05) is 31.6 Å². The molecule has 1 aliphatic rings. The SMILES string of the molecule is Cc1cccc(OCCNC(=O)C(C)N2CCN(c3nc(C)cs3)CC2)c1. The number of carbonyl (C=O) groups is 1. The molecule has 1 N–H and O–H groups in total. The smallest absolute Gasteiger partial charge is 0.237 e. The van der Waals surface area contributed by atoms with Crippen molar-refractivity contribution in [3.05, 3.63) is 40.9 Å². The number of nitrogens with one attached hydrogen (secondary N) is 1. The molecule has 0 bridgehead atoms. The summed E-state index contributed by atoms with van der Waals surface area (Å²) in [5, 5.41) is 6.14. The Morgan fingerprint density at radius 2 is 2.07 bits per heavy atom. The summed E-state index contributed by atoms with van der Waals surface area (Å²) < 4.78 is 5.69. The van der Waals surface area contributed by atoms with Crippen molar-refractivity contribution in [3.8, 4) is 5.75 Å². The molecule has 0 radical (unpaired) electrons. The van der Waals surface area contributed by atoms with Gasteiger partial charge < -0.3 is 15.0 Å². The Kier molecular flexibility index (Phi) is 6.68. The van der Waals surface area contributed by atoms with E-state index in [4.69, 9.17) is 4.74 Å². The first-order valence-electron chi connectivity index (χ1n) is 9.41. The Morgan fingerprint density at radius 1 is 1.30 bits per heavy atom. The highest BCUT2D eigenvalue weighted by Crippen LogP contribution is 2.21. The highest BCUT2D eigenvalue weighted by molar-refractivity contribution is 7.13. The van der Waals surface area contributed by atoms with Gasteiger partial charge in [-0.2, -0.15) is 0 Å². The maximum atomic E-state index is 12.4.